The van der Waals surface area contributed by atoms with E-state index in [9.17, 15) is 0 Å². The Labute approximate surface area is 208 Å². The summed E-state index contributed by atoms with van der Waals surface area (Å²) in [6.45, 7) is 6.77. The highest BCUT2D eigenvalue weighted by atomic mass is 31.1. The maximum absolute atomic E-state index is 4.65. The summed E-state index contributed by atoms with van der Waals surface area (Å²) >= 11 is 0. The van der Waals surface area contributed by atoms with Gasteiger partial charge in [-0.05, 0) is 41.9 Å². The first-order chi connectivity index (χ1) is 17.2. The Kier molecular flexibility index (Phi) is 6.74. The Bertz CT molecular complexity index is 1290. The minimum absolute atomic E-state index is 0.0760. The largest absolute Gasteiger partial charge is 0.377 e. The molecule has 2 unspecified atom stereocenters. The highest BCUT2D eigenvalue weighted by Gasteiger charge is 2.44. The van der Waals surface area contributed by atoms with Gasteiger partial charge in [-0.2, -0.15) is 0 Å². The van der Waals surface area contributed by atoms with Crippen molar-refractivity contribution in [3.63, 3.8) is 0 Å². The third kappa shape index (κ3) is 4.76. The van der Waals surface area contributed by atoms with Gasteiger partial charge in [-0.1, -0.05) is 122 Å². The molecule has 0 fully saturated rings. The predicted molar refractivity (Wildman–Crippen MR) is 147 cm³/mol. The minimum Gasteiger partial charge on any atom is -0.377 e. The molecule has 1 aromatic heterocycles. The lowest BCUT2D eigenvalue weighted by atomic mass is 9.96. The second-order valence-electron chi connectivity index (χ2n) is 8.70. The average molecular weight is 477 g/mol. The Morgan fingerprint density at radius 2 is 1.60 bits per heavy atom. The third-order valence-corrected chi connectivity index (χ3v) is 9.53. The van der Waals surface area contributed by atoms with Crippen LogP contribution in [0.3, 0.4) is 0 Å². The van der Waals surface area contributed by atoms with Crippen molar-refractivity contribution in [3.05, 3.63) is 139 Å². The fourth-order valence-corrected chi connectivity index (χ4v) is 7.63. The molecule has 3 aromatic carbocycles. The monoisotopic (exact) mass is 476 g/mol. The van der Waals surface area contributed by atoms with Gasteiger partial charge >= 0.3 is 0 Å². The van der Waals surface area contributed by atoms with Crippen molar-refractivity contribution in [2.75, 3.05) is 0 Å². The van der Waals surface area contributed by atoms with E-state index in [-0.39, 0.29) is 11.2 Å². The predicted octanol–water partition coefficient (Wildman–Crippen LogP) is 5.58. The number of hydrogen-bond acceptors (Lipinski definition) is 3. The van der Waals surface area contributed by atoms with Crippen LogP contribution in [0.15, 0.2) is 122 Å². The van der Waals surface area contributed by atoms with Gasteiger partial charge in [0.25, 0.3) is 0 Å². The first-order valence-electron chi connectivity index (χ1n) is 11.8. The van der Waals surface area contributed by atoms with Gasteiger partial charge in [0.1, 0.15) is 0 Å². The van der Waals surface area contributed by atoms with Crippen LogP contribution in [0.4, 0.5) is 0 Å². The molecule has 1 aliphatic rings. The molecule has 1 N–H and O–H groups in total. The first-order valence-corrected chi connectivity index (χ1v) is 13.2. The van der Waals surface area contributed by atoms with Gasteiger partial charge in [0.2, 0.25) is 0 Å². The van der Waals surface area contributed by atoms with E-state index in [0.717, 1.165) is 11.3 Å². The zero-order valence-corrected chi connectivity index (χ0v) is 20.7. The summed E-state index contributed by atoms with van der Waals surface area (Å²) in [6.07, 6.45) is 12.5. The molecule has 4 aromatic rings. The molecule has 0 aliphatic carbocycles. The molecule has 0 amide bonds. The van der Waals surface area contributed by atoms with Gasteiger partial charge in [-0.3, -0.25) is 0 Å². The van der Waals surface area contributed by atoms with Crippen LogP contribution in [-0.2, 0) is 6.54 Å². The second-order valence-corrected chi connectivity index (χ2v) is 11.1. The van der Waals surface area contributed by atoms with Crippen molar-refractivity contribution >= 4 is 24.6 Å². The Morgan fingerprint density at radius 3 is 2.17 bits per heavy atom. The molecule has 35 heavy (non-hydrogen) atoms. The molecule has 0 saturated heterocycles. The molecule has 174 valence electrons. The van der Waals surface area contributed by atoms with Gasteiger partial charge in [-0.15, -0.1) is 5.10 Å². The van der Waals surface area contributed by atoms with Crippen LogP contribution in [0.1, 0.15) is 29.7 Å². The first kappa shape index (κ1) is 23.0. The summed E-state index contributed by atoms with van der Waals surface area (Å²) in [7, 11) is -0.796. The van der Waals surface area contributed by atoms with Gasteiger partial charge in [-0.25, -0.2) is 4.68 Å². The Balaban J connectivity index is 1.52. The number of rotatable bonds is 8. The number of hydrogen-bond donors (Lipinski definition) is 1. The van der Waals surface area contributed by atoms with E-state index in [0.29, 0.717) is 6.54 Å². The number of aromatic nitrogens is 3. The van der Waals surface area contributed by atoms with Gasteiger partial charge in [0.15, 0.2) is 0 Å². The molecule has 0 spiro atoms. The highest BCUT2D eigenvalue weighted by Crippen LogP contribution is 2.54. The average Bonchev–Trinajstić information content (AvgIpc) is 3.39. The molecular weight excluding hydrogens is 447 g/mol. The number of nitrogens with zero attached hydrogens (tertiary/aromatic N) is 3. The topological polar surface area (TPSA) is 42.7 Å². The lowest BCUT2D eigenvalue weighted by Crippen LogP contribution is -2.48. The molecule has 0 radical (unpaired) electrons. The van der Waals surface area contributed by atoms with E-state index in [1.54, 1.807) is 0 Å². The molecule has 1 aliphatic heterocycles. The smallest absolute Gasteiger partial charge is 0.0914 e. The van der Waals surface area contributed by atoms with Gasteiger partial charge in [0.05, 0.1) is 17.5 Å². The Hall–Kier alpha value is -3.75. The number of nitrogens with one attached hydrogen (secondary N) is 1. The third-order valence-electron chi connectivity index (χ3n) is 6.49. The zero-order valence-electron chi connectivity index (χ0n) is 19.8. The zero-order chi connectivity index (χ0) is 24.1. The molecule has 5 heteroatoms. The summed E-state index contributed by atoms with van der Waals surface area (Å²) in [5.74, 6) is 0.0760. The normalized spacial score (nSPS) is 17.8. The number of dihydropyridines is 1. The number of allylic oxidation sites excluding steroid dienone is 2. The Morgan fingerprint density at radius 1 is 0.943 bits per heavy atom. The van der Waals surface area contributed by atoms with Crippen molar-refractivity contribution in [3.8, 4) is 0 Å². The quantitative estimate of drug-likeness (QED) is 0.338. The lowest BCUT2D eigenvalue weighted by molar-refractivity contribution is 0.520. The fourth-order valence-electron chi connectivity index (χ4n) is 4.58. The summed E-state index contributed by atoms with van der Waals surface area (Å²) in [4.78, 5) is 0. The number of benzene rings is 3. The van der Waals surface area contributed by atoms with Crippen molar-refractivity contribution < 1.29 is 0 Å². The SMILES string of the molecule is C=Cc1ccc(Cn2cc(C(C)C3(P(c4ccccc4)c4ccccc4)C=CC=CN3)nn2)cc1. The second kappa shape index (κ2) is 10.2. The maximum Gasteiger partial charge on any atom is 0.0914 e. The van der Waals surface area contributed by atoms with Gasteiger partial charge in [0, 0.05) is 12.1 Å². The standard InChI is InChI=1S/C30H29N4P/c1-3-25-16-18-26(19-17-25)22-34-23-29(32-33-34)24(2)30(20-10-11-21-31-30)35(27-12-6-4-7-13-27)28-14-8-5-9-15-28/h3-21,23-24,31H,1,22H2,2H3. The molecule has 0 saturated carbocycles. The minimum atomic E-state index is -0.796. The van der Waals surface area contributed by atoms with Crippen LogP contribution in [0.25, 0.3) is 6.08 Å². The molecule has 0 bridgehead atoms. The van der Waals surface area contributed by atoms with E-state index >= 15 is 0 Å². The molecule has 5 rings (SSSR count). The maximum atomic E-state index is 4.65. The molecule has 2 atom stereocenters. The van der Waals surface area contributed by atoms with E-state index in [4.69, 9.17) is 0 Å². The van der Waals surface area contributed by atoms with E-state index in [2.05, 4.69) is 145 Å². The van der Waals surface area contributed by atoms with Gasteiger partial charge < -0.3 is 5.32 Å². The van der Waals surface area contributed by atoms with Crippen LogP contribution >= 0.6 is 7.92 Å². The van der Waals surface area contributed by atoms with Crippen molar-refractivity contribution in [1.82, 2.24) is 20.3 Å². The van der Waals surface area contributed by atoms with Crippen LogP contribution in [-0.4, -0.2) is 20.3 Å². The van der Waals surface area contributed by atoms with Crippen LogP contribution in [0.2, 0.25) is 0 Å². The summed E-state index contributed by atoms with van der Waals surface area (Å²) < 4.78 is 1.93. The van der Waals surface area contributed by atoms with Crippen molar-refractivity contribution in [2.24, 2.45) is 0 Å². The van der Waals surface area contributed by atoms with Crippen LogP contribution in [0, 0.1) is 0 Å². The molecular formula is C30H29N4P. The molecule has 2 heterocycles. The highest BCUT2D eigenvalue weighted by molar-refractivity contribution is 7.74. The van der Waals surface area contributed by atoms with Crippen molar-refractivity contribution in [2.45, 2.75) is 24.7 Å². The van der Waals surface area contributed by atoms with E-state index in [1.807, 2.05) is 10.8 Å². The lowest BCUT2D eigenvalue weighted by Gasteiger charge is -2.44. The van der Waals surface area contributed by atoms with Crippen molar-refractivity contribution in [1.29, 1.82) is 0 Å². The summed E-state index contributed by atoms with van der Waals surface area (Å²) in [5.41, 5.74) is 3.27. The van der Waals surface area contributed by atoms with Crippen LogP contribution < -0.4 is 15.9 Å². The van der Waals surface area contributed by atoms with E-state index in [1.165, 1.54) is 16.2 Å². The fraction of sp³-hybridized carbons (Fsp3) is 0.133. The van der Waals surface area contributed by atoms with E-state index < -0.39 is 7.92 Å². The molecule has 4 nitrogen and oxygen atoms in total. The summed E-state index contributed by atoms with van der Waals surface area (Å²) in [5, 5.41) is 15.2. The van der Waals surface area contributed by atoms with Crippen LogP contribution in [0.5, 0.6) is 0 Å². The summed E-state index contributed by atoms with van der Waals surface area (Å²) in [6, 6.07) is 30.0.